The Morgan fingerprint density at radius 2 is 0.597 bits per heavy atom. The Bertz CT molecular complexity index is 1480. The fourth-order valence-electron chi connectivity index (χ4n) is 6.68. The summed E-state index contributed by atoms with van der Waals surface area (Å²) in [5.74, 6) is -1.06. The third kappa shape index (κ3) is 52.4. The van der Waals surface area contributed by atoms with Gasteiger partial charge in [-0.1, -0.05) is 206 Å². The van der Waals surface area contributed by atoms with Gasteiger partial charge in [-0.3, -0.25) is 14.4 Å². The van der Waals surface area contributed by atoms with Crippen molar-refractivity contribution in [1.82, 2.24) is 0 Å². The maximum atomic E-state index is 12.8. The molecule has 0 saturated carbocycles. The standard InChI is InChI=1S/C61H96O6/c1-4-7-10-13-16-19-22-25-28-30-33-36-39-42-45-48-51-54-60(63)66-57-58(56-65-59(62)53-50-47-44-41-38-35-32-27-24-21-18-15-12-9-6-3)67-61(64)55-52-49-46-43-40-37-34-31-29-26-23-20-17-14-11-8-5-2/h7-8,10-11,16-17,19-20,25-29,32-34,36-37,42-43,45-46,58H,4-6,9,12-15,18,21-24,30-31,35,38-41,44,47-57H2,1-3H3/b10-7-,11-8-,19-16-,20-17-,28-25-,29-26-,32-27-,36-33-,37-34-,45-42-,46-43-/t58-/m0/s1. The predicted molar refractivity (Wildman–Crippen MR) is 288 cm³/mol. The van der Waals surface area contributed by atoms with Gasteiger partial charge in [0.25, 0.3) is 0 Å². The number of esters is 3. The second kappa shape index (κ2) is 54.2. The number of allylic oxidation sites excluding steroid dienone is 22. The van der Waals surface area contributed by atoms with Crippen molar-refractivity contribution in [3.63, 3.8) is 0 Å². The van der Waals surface area contributed by atoms with Crippen molar-refractivity contribution in [3.05, 3.63) is 134 Å². The zero-order valence-electron chi connectivity index (χ0n) is 42.9. The summed E-state index contributed by atoms with van der Waals surface area (Å²) >= 11 is 0. The number of hydrogen-bond acceptors (Lipinski definition) is 6. The Labute approximate surface area is 411 Å². The average Bonchev–Trinajstić information content (AvgIpc) is 3.33. The van der Waals surface area contributed by atoms with Crippen LogP contribution in [0.1, 0.15) is 213 Å². The van der Waals surface area contributed by atoms with E-state index in [0.717, 1.165) is 109 Å². The number of unbranched alkanes of at least 4 members (excludes halogenated alkanes) is 13. The summed E-state index contributed by atoms with van der Waals surface area (Å²) < 4.78 is 16.7. The van der Waals surface area contributed by atoms with Gasteiger partial charge in [0.1, 0.15) is 13.2 Å². The molecule has 0 amide bonds. The van der Waals surface area contributed by atoms with E-state index in [0.29, 0.717) is 19.3 Å². The van der Waals surface area contributed by atoms with Gasteiger partial charge in [-0.05, 0) is 122 Å². The van der Waals surface area contributed by atoms with Gasteiger partial charge in [-0.2, -0.15) is 0 Å². The second-order valence-corrected chi connectivity index (χ2v) is 17.0. The van der Waals surface area contributed by atoms with Gasteiger partial charge in [0.05, 0.1) is 0 Å². The number of hydrogen-bond donors (Lipinski definition) is 0. The highest BCUT2D eigenvalue weighted by atomic mass is 16.6. The van der Waals surface area contributed by atoms with Crippen molar-refractivity contribution < 1.29 is 28.6 Å². The minimum Gasteiger partial charge on any atom is -0.462 e. The van der Waals surface area contributed by atoms with Crippen LogP contribution in [0, 0.1) is 0 Å². The molecule has 0 saturated heterocycles. The lowest BCUT2D eigenvalue weighted by atomic mass is 10.1. The lowest BCUT2D eigenvalue weighted by molar-refractivity contribution is -0.167. The lowest BCUT2D eigenvalue weighted by Gasteiger charge is -2.18. The molecule has 0 rings (SSSR count). The van der Waals surface area contributed by atoms with Crippen LogP contribution < -0.4 is 0 Å². The summed E-state index contributed by atoms with van der Waals surface area (Å²) in [6.07, 6.45) is 75.9. The van der Waals surface area contributed by atoms with Crippen LogP contribution in [0.15, 0.2) is 134 Å². The van der Waals surface area contributed by atoms with Crippen LogP contribution >= 0.6 is 0 Å². The van der Waals surface area contributed by atoms with Crippen LogP contribution in [0.4, 0.5) is 0 Å². The number of rotatable bonds is 46. The third-order valence-electron chi connectivity index (χ3n) is 10.6. The summed E-state index contributed by atoms with van der Waals surface area (Å²) in [5, 5.41) is 0. The monoisotopic (exact) mass is 925 g/mol. The fourth-order valence-corrected chi connectivity index (χ4v) is 6.68. The molecule has 6 nitrogen and oxygen atoms in total. The van der Waals surface area contributed by atoms with Crippen molar-refractivity contribution >= 4 is 17.9 Å². The summed E-state index contributed by atoms with van der Waals surface area (Å²) in [6, 6.07) is 0. The Kier molecular flexibility index (Phi) is 50.6. The molecule has 6 heteroatoms. The van der Waals surface area contributed by atoms with Crippen LogP contribution in [0.2, 0.25) is 0 Å². The van der Waals surface area contributed by atoms with Crippen molar-refractivity contribution in [2.75, 3.05) is 13.2 Å². The normalized spacial score (nSPS) is 13.2. The van der Waals surface area contributed by atoms with Crippen molar-refractivity contribution in [1.29, 1.82) is 0 Å². The first-order chi connectivity index (χ1) is 33.0. The van der Waals surface area contributed by atoms with Crippen LogP contribution in [0.25, 0.3) is 0 Å². The highest BCUT2D eigenvalue weighted by Crippen LogP contribution is 2.12. The second-order valence-electron chi connectivity index (χ2n) is 17.0. The van der Waals surface area contributed by atoms with E-state index in [1.807, 2.05) is 0 Å². The molecule has 0 unspecified atom stereocenters. The zero-order valence-corrected chi connectivity index (χ0v) is 42.9. The molecular weight excluding hydrogens is 829 g/mol. The molecule has 0 aliphatic carbocycles. The lowest BCUT2D eigenvalue weighted by Crippen LogP contribution is -2.30. The Hall–Kier alpha value is -4.45. The van der Waals surface area contributed by atoms with Gasteiger partial charge in [-0.25, -0.2) is 0 Å². The zero-order chi connectivity index (χ0) is 48.6. The average molecular weight is 925 g/mol. The summed E-state index contributed by atoms with van der Waals surface area (Å²) in [4.78, 5) is 38.0. The van der Waals surface area contributed by atoms with E-state index in [2.05, 4.69) is 154 Å². The molecule has 0 radical (unpaired) electrons. The third-order valence-corrected chi connectivity index (χ3v) is 10.6. The Morgan fingerprint density at radius 3 is 0.985 bits per heavy atom. The highest BCUT2D eigenvalue weighted by molar-refractivity contribution is 5.71. The predicted octanol–water partition coefficient (Wildman–Crippen LogP) is 17.9. The highest BCUT2D eigenvalue weighted by Gasteiger charge is 2.19. The van der Waals surface area contributed by atoms with Crippen LogP contribution in [0.5, 0.6) is 0 Å². The van der Waals surface area contributed by atoms with Gasteiger partial charge in [0.15, 0.2) is 6.10 Å². The Balaban J connectivity index is 4.61. The summed E-state index contributed by atoms with van der Waals surface area (Å²) in [5.41, 5.74) is 0. The maximum Gasteiger partial charge on any atom is 0.306 e. The molecule has 376 valence electrons. The van der Waals surface area contributed by atoms with Gasteiger partial charge >= 0.3 is 17.9 Å². The van der Waals surface area contributed by atoms with Gasteiger partial charge in [-0.15, -0.1) is 0 Å². The summed E-state index contributed by atoms with van der Waals surface area (Å²) in [6.45, 7) is 6.28. The number of carbonyl (C=O) groups is 3. The molecule has 1 atom stereocenters. The number of carbonyl (C=O) groups excluding carboxylic acids is 3. The smallest absolute Gasteiger partial charge is 0.306 e. The van der Waals surface area contributed by atoms with Crippen molar-refractivity contribution in [2.45, 2.75) is 219 Å². The first kappa shape index (κ1) is 62.5. The quantitative estimate of drug-likeness (QED) is 0.0262. The topological polar surface area (TPSA) is 78.9 Å². The Morgan fingerprint density at radius 1 is 0.313 bits per heavy atom. The molecule has 0 heterocycles. The van der Waals surface area contributed by atoms with Gasteiger partial charge < -0.3 is 14.2 Å². The largest absolute Gasteiger partial charge is 0.462 e. The first-order valence-electron chi connectivity index (χ1n) is 26.7. The molecule has 0 bridgehead atoms. The molecule has 0 aromatic carbocycles. The van der Waals surface area contributed by atoms with E-state index < -0.39 is 6.10 Å². The minimum atomic E-state index is -0.839. The molecule has 0 aliphatic rings. The van der Waals surface area contributed by atoms with Crippen LogP contribution in [-0.2, 0) is 28.6 Å². The van der Waals surface area contributed by atoms with E-state index >= 15 is 0 Å². The SMILES string of the molecule is CC/C=C\C/C=C\C/C=C\C/C=C\C/C=C\CCCC(=O)OC[C@H](COC(=O)CCCCCCC/C=C\CCCCCCCC)OC(=O)CCC/C=C\C/C=C\C/C=C\C/C=C\C/C=C\CC. The van der Waals surface area contributed by atoms with Crippen LogP contribution in [-0.4, -0.2) is 37.2 Å². The van der Waals surface area contributed by atoms with Crippen molar-refractivity contribution in [2.24, 2.45) is 0 Å². The van der Waals surface area contributed by atoms with E-state index in [1.54, 1.807) is 0 Å². The summed E-state index contributed by atoms with van der Waals surface area (Å²) in [7, 11) is 0. The van der Waals surface area contributed by atoms with Crippen molar-refractivity contribution in [3.8, 4) is 0 Å². The first-order valence-corrected chi connectivity index (χ1v) is 26.7. The molecule has 0 aliphatic heterocycles. The molecule has 0 aromatic rings. The number of ether oxygens (including phenoxy) is 3. The molecule has 0 fully saturated rings. The molecule has 0 N–H and O–H groups in total. The minimum absolute atomic E-state index is 0.127. The molecule has 67 heavy (non-hydrogen) atoms. The fraction of sp³-hybridized carbons (Fsp3) is 0.590. The van der Waals surface area contributed by atoms with Gasteiger partial charge in [0, 0.05) is 19.3 Å². The van der Waals surface area contributed by atoms with Crippen LogP contribution in [0.3, 0.4) is 0 Å². The maximum absolute atomic E-state index is 12.8. The molecule has 0 aromatic heterocycles. The molecular formula is C61H96O6. The van der Waals surface area contributed by atoms with Gasteiger partial charge in [0.2, 0.25) is 0 Å². The van der Waals surface area contributed by atoms with E-state index in [4.69, 9.17) is 14.2 Å². The van der Waals surface area contributed by atoms with E-state index in [-0.39, 0.29) is 44.0 Å². The molecule has 0 spiro atoms. The van der Waals surface area contributed by atoms with E-state index in [1.165, 1.54) is 51.4 Å². The van der Waals surface area contributed by atoms with E-state index in [9.17, 15) is 14.4 Å².